The van der Waals surface area contributed by atoms with Crippen LogP contribution in [0.1, 0.15) is 35.2 Å². The number of aryl methyl sites for hydroxylation is 2. The van der Waals surface area contributed by atoms with Crippen LogP contribution in [0.25, 0.3) is 0 Å². The summed E-state index contributed by atoms with van der Waals surface area (Å²) in [4.78, 5) is 0. The average Bonchev–Trinajstić information content (AvgIpc) is 2.46. The molecule has 2 heteroatoms. The maximum atomic E-state index is 6.25. The van der Waals surface area contributed by atoms with E-state index in [9.17, 15) is 0 Å². The van der Waals surface area contributed by atoms with Crippen LogP contribution in [-0.4, -0.2) is 13.2 Å². The van der Waals surface area contributed by atoms with Gasteiger partial charge in [0, 0.05) is 0 Å². The lowest BCUT2D eigenvalue weighted by Gasteiger charge is -2.26. The van der Waals surface area contributed by atoms with Crippen molar-refractivity contribution in [2.45, 2.75) is 39.8 Å². The number of ether oxygens (including phenoxy) is 1. The summed E-state index contributed by atoms with van der Waals surface area (Å²) in [5.74, 6) is 0.983. The average molecular weight is 283 g/mol. The first-order valence-electron chi connectivity index (χ1n) is 7.49. The molecule has 2 atom stereocenters. The fourth-order valence-electron chi connectivity index (χ4n) is 2.72. The van der Waals surface area contributed by atoms with Gasteiger partial charge < -0.3 is 10.1 Å². The monoisotopic (exact) mass is 283 g/mol. The second kappa shape index (κ2) is 6.77. The number of rotatable bonds is 5. The zero-order valence-corrected chi connectivity index (χ0v) is 13.6. The van der Waals surface area contributed by atoms with Crippen LogP contribution in [-0.2, 0) is 0 Å². The smallest absolute Gasteiger partial charge is 0.123 e. The van der Waals surface area contributed by atoms with E-state index in [-0.39, 0.29) is 12.1 Å². The summed E-state index contributed by atoms with van der Waals surface area (Å²) in [6.07, 6.45) is 0.0531. The van der Waals surface area contributed by atoms with Crippen LogP contribution in [0.2, 0.25) is 0 Å². The molecule has 0 bridgehead atoms. The normalized spacial score (nSPS) is 13.8. The third kappa shape index (κ3) is 3.64. The lowest BCUT2D eigenvalue weighted by atomic mass is 10.0. The van der Waals surface area contributed by atoms with Gasteiger partial charge in [-0.2, -0.15) is 0 Å². The molecule has 0 heterocycles. The summed E-state index contributed by atoms with van der Waals surface area (Å²) in [5.41, 5.74) is 4.98. The highest BCUT2D eigenvalue weighted by Gasteiger charge is 2.20. The van der Waals surface area contributed by atoms with E-state index >= 15 is 0 Å². The summed E-state index contributed by atoms with van der Waals surface area (Å²) in [5, 5.41) is 3.36. The third-order valence-corrected chi connectivity index (χ3v) is 4.02. The molecule has 2 aromatic rings. The largest absolute Gasteiger partial charge is 0.488 e. The quantitative estimate of drug-likeness (QED) is 0.881. The minimum atomic E-state index is 0.0531. The van der Waals surface area contributed by atoms with Crippen molar-refractivity contribution in [2.24, 2.45) is 0 Å². The molecule has 0 fully saturated rings. The lowest BCUT2D eigenvalue weighted by Crippen LogP contribution is -2.31. The van der Waals surface area contributed by atoms with Crippen LogP contribution in [0.3, 0.4) is 0 Å². The Labute approximate surface area is 128 Å². The predicted molar refractivity (Wildman–Crippen MR) is 89.0 cm³/mol. The fraction of sp³-hybridized carbons (Fsp3) is 0.368. The molecule has 0 spiro atoms. The summed E-state index contributed by atoms with van der Waals surface area (Å²) in [6.45, 7) is 8.47. The van der Waals surface area contributed by atoms with Gasteiger partial charge in [-0.1, -0.05) is 36.4 Å². The Bertz CT molecular complexity index is 592. The molecule has 1 N–H and O–H groups in total. The summed E-state index contributed by atoms with van der Waals surface area (Å²) in [7, 11) is 1.98. The molecule has 0 aliphatic heterocycles. The molecule has 21 heavy (non-hydrogen) atoms. The van der Waals surface area contributed by atoms with Crippen molar-refractivity contribution in [3.8, 4) is 5.75 Å². The first-order chi connectivity index (χ1) is 10.0. The molecule has 0 saturated heterocycles. The zero-order valence-electron chi connectivity index (χ0n) is 13.6. The Morgan fingerprint density at radius 2 is 1.67 bits per heavy atom. The number of hydrogen-bond acceptors (Lipinski definition) is 2. The molecule has 2 unspecified atom stereocenters. The van der Waals surface area contributed by atoms with Gasteiger partial charge in [0.05, 0.1) is 6.04 Å². The van der Waals surface area contributed by atoms with E-state index in [0.29, 0.717) is 0 Å². The molecule has 2 rings (SSSR count). The van der Waals surface area contributed by atoms with Crippen LogP contribution in [0.15, 0.2) is 42.5 Å². The van der Waals surface area contributed by atoms with Gasteiger partial charge in [-0.25, -0.2) is 0 Å². The molecule has 0 radical (unpaired) electrons. The SMILES string of the molecule is CNC(c1ccccc1)C(C)Oc1cc(C)cc(C)c1C. The van der Waals surface area contributed by atoms with Crippen molar-refractivity contribution in [3.63, 3.8) is 0 Å². The first kappa shape index (κ1) is 15.6. The van der Waals surface area contributed by atoms with Gasteiger partial charge in [-0.15, -0.1) is 0 Å². The Hall–Kier alpha value is -1.80. The Kier molecular flexibility index (Phi) is 5.03. The van der Waals surface area contributed by atoms with Crippen LogP contribution in [0, 0.1) is 20.8 Å². The zero-order chi connectivity index (χ0) is 15.4. The van der Waals surface area contributed by atoms with Gasteiger partial charge in [0.1, 0.15) is 11.9 Å². The standard InChI is InChI=1S/C19H25NO/c1-13-11-14(2)15(3)18(12-13)21-16(4)19(20-5)17-9-7-6-8-10-17/h6-12,16,19-20H,1-5H3. The van der Waals surface area contributed by atoms with Crippen LogP contribution >= 0.6 is 0 Å². The fourth-order valence-corrected chi connectivity index (χ4v) is 2.72. The van der Waals surface area contributed by atoms with Crippen molar-refractivity contribution in [1.29, 1.82) is 0 Å². The summed E-state index contributed by atoms with van der Waals surface area (Å²) in [6, 6.07) is 14.9. The second-order valence-electron chi connectivity index (χ2n) is 5.70. The third-order valence-electron chi connectivity index (χ3n) is 4.02. The highest BCUT2D eigenvalue weighted by molar-refractivity contribution is 5.42. The van der Waals surface area contributed by atoms with E-state index in [1.165, 1.54) is 22.3 Å². The van der Waals surface area contributed by atoms with Gasteiger partial charge in [0.15, 0.2) is 0 Å². The maximum Gasteiger partial charge on any atom is 0.123 e. The van der Waals surface area contributed by atoms with Gasteiger partial charge in [0.25, 0.3) is 0 Å². The number of hydrogen-bond donors (Lipinski definition) is 1. The van der Waals surface area contributed by atoms with E-state index in [0.717, 1.165) is 5.75 Å². The van der Waals surface area contributed by atoms with Crippen molar-refractivity contribution in [3.05, 3.63) is 64.7 Å². The van der Waals surface area contributed by atoms with Crippen LogP contribution < -0.4 is 10.1 Å². The Morgan fingerprint density at radius 1 is 1.00 bits per heavy atom. The van der Waals surface area contributed by atoms with Crippen molar-refractivity contribution >= 4 is 0 Å². The van der Waals surface area contributed by atoms with Crippen LogP contribution in [0.4, 0.5) is 0 Å². The van der Waals surface area contributed by atoms with Crippen molar-refractivity contribution < 1.29 is 4.74 Å². The molecule has 2 aromatic carbocycles. The topological polar surface area (TPSA) is 21.3 Å². The first-order valence-corrected chi connectivity index (χ1v) is 7.49. The minimum Gasteiger partial charge on any atom is -0.488 e. The Balaban J connectivity index is 2.22. The highest BCUT2D eigenvalue weighted by atomic mass is 16.5. The predicted octanol–water partition coefficient (Wildman–Crippen LogP) is 4.34. The van der Waals surface area contributed by atoms with Gasteiger partial charge in [-0.05, 0) is 63.1 Å². The van der Waals surface area contributed by atoms with Gasteiger partial charge in [-0.3, -0.25) is 0 Å². The molecule has 0 amide bonds. The van der Waals surface area contributed by atoms with Gasteiger partial charge >= 0.3 is 0 Å². The lowest BCUT2D eigenvalue weighted by molar-refractivity contribution is 0.174. The molecule has 0 saturated carbocycles. The number of benzene rings is 2. The highest BCUT2D eigenvalue weighted by Crippen LogP contribution is 2.27. The number of likely N-dealkylation sites (N-methyl/N-ethyl adjacent to an activating group) is 1. The molecular weight excluding hydrogens is 258 g/mol. The minimum absolute atomic E-state index is 0.0531. The van der Waals surface area contributed by atoms with E-state index in [4.69, 9.17) is 4.74 Å². The van der Waals surface area contributed by atoms with E-state index in [1.54, 1.807) is 0 Å². The molecule has 0 aromatic heterocycles. The summed E-state index contributed by atoms with van der Waals surface area (Å²) >= 11 is 0. The molecule has 0 aliphatic carbocycles. The molecule has 2 nitrogen and oxygen atoms in total. The summed E-state index contributed by atoms with van der Waals surface area (Å²) < 4.78 is 6.25. The second-order valence-corrected chi connectivity index (χ2v) is 5.70. The molecular formula is C19H25NO. The maximum absolute atomic E-state index is 6.25. The van der Waals surface area contributed by atoms with E-state index in [2.05, 4.69) is 69.4 Å². The van der Waals surface area contributed by atoms with Crippen LogP contribution in [0.5, 0.6) is 5.75 Å². The number of nitrogens with one attached hydrogen (secondary N) is 1. The van der Waals surface area contributed by atoms with Crippen molar-refractivity contribution in [2.75, 3.05) is 7.05 Å². The molecule has 112 valence electrons. The molecule has 0 aliphatic rings. The van der Waals surface area contributed by atoms with E-state index < -0.39 is 0 Å². The van der Waals surface area contributed by atoms with E-state index in [1.807, 2.05) is 13.1 Å². The Morgan fingerprint density at radius 3 is 2.29 bits per heavy atom. The van der Waals surface area contributed by atoms with Gasteiger partial charge in [0.2, 0.25) is 0 Å². The van der Waals surface area contributed by atoms with Crippen molar-refractivity contribution in [1.82, 2.24) is 5.32 Å².